The average molecular weight is 791 g/mol. The van der Waals surface area contributed by atoms with Gasteiger partial charge in [-0.1, -0.05) is 187 Å². The summed E-state index contributed by atoms with van der Waals surface area (Å²) in [7, 11) is 1.75. The van der Waals surface area contributed by atoms with Gasteiger partial charge >= 0.3 is 19.8 Å². The minimum absolute atomic E-state index is 0.0706. The Morgan fingerprint density at radius 2 is 0.852 bits per heavy atom. The highest BCUT2D eigenvalue weighted by atomic mass is 31.2. The zero-order valence-electron chi connectivity index (χ0n) is 36.2. The highest BCUT2D eigenvalue weighted by Gasteiger charge is 2.26. The van der Waals surface area contributed by atoms with Gasteiger partial charge in [-0.15, -0.1) is 0 Å². The summed E-state index contributed by atoms with van der Waals surface area (Å²) in [4.78, 5) is 35.4. The maximum absolute atomic E-state index is 12.7. The van der Waals surface area contributed by atoms with Crippen LogP contribution in [0.2, 0.25) is 0 Å². The molecule has 10 heteroatoms. The van der Waals surface area contributed by atoms with E-state index in [4.69, 9.17) is 18.5 Å². The highest BCUT2D eigenvalue weighted by Crippen LogP contribution is 2.43. The third-order valence-corrected chi connectivity index (χ3v) is 11.1. The summed E-state index contributed by atoms with van der Waals surface area (Å²) in [6, 6.07) is 0. The van der Waals surface area contributed by atoms with Gasteiger partial charge in [0.1, 0.15) is 6.61 Å². The van der Waals surface area contributed by atoms with Crippen LogP contribution < -0.4 is 0 Å². The predicted molar refractivity (Wildman–Crippen MR) is 225 cm³/mol. The number of carbonyl (C=O) groups is 2. The molecule has 322 valence electrons. The SMILES string of the molecule is CCCCCCCCCCCCCCCCCC(=O)OCC(COP(=O)(O)OCCC[N+](C)(C)C)OC(=O)CCCCCCCCCCCCCCCC. The second kappa shape index (κ2) is 37.6. The highest BCUT2D eigenvalue weighted by molar-refractivity contribution is 7.47. The van der Waals surface area contributed by atoms with Crippen molar-refractivity contribution in [1.29, 1.82) is 0 Å². The molecule has 0 rings (SSSR count). The van der Waals surface area contributed by atoms with E-state index >= 15 is 0 Å². The molecule has 0 heterocycles. The number of nitrogens with zero attached hydrogens (tertiary/aromatic N) is 1. The van der Waals surface area contributed by atoms with Gasteiger partial charge in [-0.2, -0.15) is 0 Å². The van der Waals surface area contributed by atoms with Gasteiger partial charge in [0, 0.05) is 19.3 Å². The number of rotatable bonds is 42. The van der Waals surface area contributed by atoms with Crippen LogP contribution in [0.3, 0.4) is 0 Å². The Kier molecular flexibility index (Phi) is 36.9. The lowest BCUT2D eigenvalue weighted by molar-refractivity contribution is -0.870. The van der Waals surface area contributed by atoms with Crippen molar-refractivity contribution in [2.45, 2.75) is 225 Å². The van der Waals surface area contributed by atoms with Crippen molar-refractivity contribution in [3.63, 3.8) is 0 Å². The van der Waals surface area contributed by atoms with E-state index < -0.39 is 19.9 Å². The molecule has 0 spiro atoms. The van der Waals surface area contributed by atoms with Gasteiger partial charge in [0.25, 0.3) is 0 Å². The Balaban J connectivity index is 4.34. The molecule has 1 N–H and O–H groups in total. The van der Waals surface area contributed by atoms with Gasteiger partial charge in [0.15, 0.2) is 6.10 Å². The van der Waals surface area contributed by atoms with Crippen LogP contribution in [0.5, 0.6) is 0 Å². The monoisotopic (exact) mass is 791 g/mol. The van der Waals surface area contributed by atoms with Crippen LogP contribution in [0, 0.1) is 0 Å². The maximum Gasteiger partial charge on any atom is 0.472 e. The number of quaternary nitrogens is 1. The second-order valence-electron chi connectivity index (χ2n) is 16.8. The quantitative estimate of drug-likeness (QED) is 0.0282. The van der Waals surface area contributed by atoms with Crippen LogP contribution in [0.4, 0.5) is 0 Å². The number of hydrogen-bond acceptors (Lipinski definition) is 7. The summed E-state index contributed by atoms with van der Waals surface area (Å²) in [5, 5.41) is 0. The number of unbranched alkanes of at least 4 members (excludes halogenated alkanes) is 27. The summed E-state index contributed by atoms with van der Waals surface area (Å²) >= 11 is 0. The Labute approximate surface area is 334 Å². The van der Waals surface area contributed by atoms with E-state index in [9.17, 15) is 19.0 Å². The minimum Gasteiger partial charge on any atom is -0.462 e. The average Bonchev–Trinajstić information content (AvgIpc) is 3.12. The summed E-state index contributed by atoms with van der Waals surface area (Å²) in [6.45, 7) is 4.76. The van der Waals surface area contributed by atoms with Gasteiger partial charge in [-0.25, -0.2) is 4.57 Å². The van der Waals surface area contributed by atoms with E-state index in [1.807, 2.05) is 21.1 Å². The van der Waals surface area contributed by atoms with Crippen LogP contribution >= 0.6 is 7.82 Å². The summed E-state index contributed by atoms with van der Waals surface area (Å²) in [5.74, 6) is -0.779. The molecule has 9 nitrogen and oxygen atoms in total. The number of esters is 2. The van der Waals surface area contributed by atoms with Crippen molar-refractivity contribution in [3.8, 4) is 0 Å². The molecule has 0 aromatic rings. The van der Waals surface area contributed by atoms with Gasteiger partial charge in [-0.3, -0.25) is 18.6 Å². The van der Waals surface area contributed by atoms with Crippen LogP contribution in [-0.2, 0) is 32.7 Å². The van der Waals surface area contributed by atoms with E-state index in [1.54, 1.807) is 0 Å². The Hall–Kier alpha value is -0.990. The number of phosphoric ester groups is 1. The predicted octanol–water partition coefficient (Wildman–Crippen LogP) is 12.8. The first-order valence-corrected chi connectivity index (χ1v) is 24.3. The molecule has 0 radical (unpaired) electrons. The summed E-state index contributed by atoms with van der Waals surface area (Å²) in [5.41, 5.74) is 0. The second-order valence-corrected chi connectivity index (χ2v) is 18.3. The summed E-state index contributed by atoms with van der Waals surface area (Å²) < 4.78 is 34.6. The van der Waals surface area contributed by atoms with Gasteiger partial charge in [0.2, 0.25) is 0 Å². The molecular weight excluding hydrogens is 701 g/mol. The van der Waals surface area contributed by atoms with Crippen molar-refractivity contribution < 1.29 is 42.1 Å². The molecule has 0 aliphatic carbocycles. The van der Waals surface area contributed by atoms with Gasteiger partial charge in [-0.05, 0) is 12.8 Å². The largest absolute Gasteiger partial charge is 0.472 e. The van der Waals surface area contributed by atoms with Crippen molar-refractivity contribution in [1.82, 2.24) is 0 Å². The fourth-order valence-electron chi connectivity index (χ4n) is 6.66. The first-order chi connectivity index (χ1) is 26.0. The van der Waals surface area contributed by atoms with E-state index in [2.05, 4.69) is 13.8 Å². The van der Waals surface area contributed by atoms with E-state index in [0.717, 1.165) is 45.1 Å². The molecule has 0 aromatic carbocycles. The van der Waals surface area contributed by atoms with Crippen molar-refractivity contribution in [2.24, 2.45) is 0 Å². The Morgan fingerprint density at radius 3 is 1.22 bits per heavy atom. The molecular formula is C44H89NO8P+. The lowest BCUT2D eigenvalue weighted by atomic mass is 10.0. The standard InChI is InChI=1S/C44H88NO8P/c1-6-8-10-12-14-16-18-20-22-24-25-27-29-31-33-36-43(46)50-40-42(41-52-54(48,49)51-39-35-38-45(3,4)5)53-44(47)37-34-32-30-28-26-23-21-19-17-15-13-11-9-7-2/h42H,6-41H2,1-5H3/p+1. The topological polar surface area (TPSA) is 108 Å². The maximum atomic E-state index is 12.7. The first kappa shape index (κ1) is 53.0. The molecule has 54 heavy (non-hydrogen) atoms. The Bertz CT molecular complexity index is 896. The molecule has 0 aliphatic heterocycles. The Morgan fingerprint density at radius 1 is 0.500 bits per heavy atom. The third kappa shape index (κ3) is 40.7. The molecule has 0 amide bonds. The fraction of sp³-hybridized carbons (Fsp3) is 0.955. The zero-order valence-corrected chi connectivity index (χ0v) is 37.1. The van der Waals surface area contributed by atoms with E-state index in [-0.39, 0.29) is 32.2 Å². The molecule has 0 aromatic heterocycles. The summed E-state index contributed by atoms with van der Waals surface area (Å²) in [6.07, 6.45) is 36.3. The molecule has 0 aliphatic rings. The molecule has 0 saturated carbocycles. The van der Waals surface area contributed by atoms with Crippen LogP contribution in [0.25, 0.3) is 0 Å². The van der Waals surface area contributed by atoms with Gasteiger partial charge in [0.05, 0.1) is 40.9 Å². The van der Waals surface area contributed by atoms with Crippen molar-refractivity contribution >= 4 is 19.8 Å². The lowest BCUT2D eigenvalue weighted by Crippen LogP contribution is -2.35. The smallest absolute Gasteiger partial charge is 0.462 e. The first-order valence-electron chi connectivity index (χ1n) is 22.8. The number of hydrogen-bond donors (Lipinski definition) is 1. The van der Waals surface area contributed by atoms with Crippen molar-refractivity contribution in [2.75, 3.05) is 47.5 Å². The van der Waals surface area contributed by atoms with E-state index in [1.165, 1.54) is 148 Å². The van der Waals surface area contributed by atoms with Gasteiger partial charge < -0.3 is 18.9 Å². The molecule has 0 bridgehead atoms. The van der Waals surface area contributed by atoms with Crippen molar-refractivity contribution in [3.05, 3.63) is 0 Å². The lowest BCUT2D eigenvalue weighted by Gasteiger charge is -2.24. The molecule has 0 saturated heterocycles. The number of carbonyl (C=O) groups excluding carboxylic acids is 2. The normalized spacial score (nSPS) is 13.5. The van der Waals surface area contributed by atoms with Crippen LogP contribution in [0.1, 0.15) is 219 Å². The molecule has 2 unspecified atom stereocenters. The van der Waals surface area contributed by atoms with Crippen LogP contribution in [-0.4, -0.2) is 74.9 Å². The minimum atomic E-state index is -4.36. The zero-order chi connectivity index (χ0) is 40.0. The number of phosphoric acid groups is 1. The molecule has 2 atom stereocenters. The fourth-order valence-corrected chi connectivity index (χ4v) is 7.45. The number of ether oxygens (including phenoxy) is 2. The van der Waals surface area contributed by atoms with Crippen LogP contribution in [0.15, 0.2) is 0 Å². The third-order valence-electron chi connectivity index (χ3n) is 10.1. The molecule has 0 fully saturated rings. The van der Waals surface area contributed by atoms with E-state index in [0.29, 0.717) is 17.3 Å².